The molecule has 6 heteroatoms. The van der Waals surface area contributed by atoms with E-state index in [4.69, 9.17) is 0 Å². The van der Waals surface area contributed by atoms with E-state index < -0.39 is 10.0 Å². The van der Waals surface area contributed by atoms with Crippen LogP contribution >= 0.6 is 0 Å². The smallest absolute Gasteiger partial charge is 0.218 e. The molecule has 126 valence electrons. The first-order valence-corrected chi connectivity index (χ1v) is 9.55. The van der Waals surface area contributed by atoms with Crippen molar-refractivity contribution < 1.29 is 8.42 Å². The minimum Gasteiger partial charge on any atom is -0.303 e. The van der Waals surface area contributed by atoms with Gasteiger partial charge in [0, 0.05) is 12.7 Å². The number of aromatic nitrogens is 2. The number of pyridine rings is 1. The fraction of sp³-hybridized carbons (Fsp3) is 0.278. The average molecular weight is 343 g/mol. The third-order valence-corrected chi connectivity index (χ3v) is 5.88. The topological polar surface area (TPSA) is 54.7 Å². The molecule has 0 aliphatic rings. The maximum absolute atomic E-state index is 12.8. The SMILES string of the molecule is CCN(Cc1cnc2ccccn12)S(=O)(=O)Cc1cccc(C)c1. The summed E-state index contributed by atoms with van der Waals surface area (Å²) in [6.07, 6.45) is 3.64. The normalized spacial score (nSPS) is 12.1. The molecule has 2 aromatic heterocycles. The van der Waals surface area contributed by atoms with Gasteiger partial charge in [0.1, 0.15) is 5.65 Å². The van der Waals surface area contributed by atoms with Gasteiger partial charge in [-0.1, -0.05) is 42.8 Å². The number of benzene rings is 1. The molecule has 0 atom stereocenters. The third-order valence-electron chi connectivity index (χ3n) is 4.01. The average Bonchev–Trinajstić information content (AvgIpc) is 2.95. The van der Waals surface area contributed by atoms with Gasteiger partial charge in [-0.15, -0.1) is 0 Å². The summed E-state index contributed by atoms with van der Waals surface area (Å²) in [5.41, 5.74) is 3.55. The summed E-state index contributed by atoms with van der Waals surface area (Å²) in [4.78, 5) is 4.33. The van der Waals surface area contributed by atoms with Gasteiger partial charge in [-0.25, -0.2) is 13.4 Å². The molecule has 2 heterocycles. The van der Waals surface area contributed by atoms with E-state index in [1.54, 1.807) is 6.20 Å². The predicted molar refractivity (Wildman–Crippen MR) is 95.1 cm³/mol. The zero-order valence-corrected chi connectivity index (χ0v) is 14.7. The van der Waals surface area contributed by atoms with Crippen molar-refractivity contribution in [2.45, 2.75) is 26.1 Å². The first kappa shape index (κ1) is 16.7. The summed E-state index contributed by atoms with van der Waals surface area (Å²) in [7, 11) is -3.39. The molecule has 5 nitrogen and oxygen atoms in total. The lowest BCUT2D eigenvalue weighted by molar-refractivity contribution is 0.417. The molecule has 3 rings (SSSR count). The maximum Gasteiger partial charge on any atom is 0.218 e. The van der Waals surface area contributed by atoms with Crippen molar-refractivity contribution in [3.63, 3.8) is 0 Å². The van der Waals surface area contributed by atoms with E-state index in [1.807, 2.05) is 66.9 Å². The Kier molecular flexibility index (Phi) is 4.69. The summed E-state index contributed by atoms with van der Waals surface area (Å²) in [6, 6.07) is 13.4. The van der Waals surface area contributed by atoms with Gasteiger partial charge in [0.25, 0.3) is 0 Å². The lowest BCUT2D eigenvalue weighted by atomic mass is 10.2. The van der Waals surface area contributed by atoms with Crippen LogP contribution in [0.1, 0.15) is 23.7 Å². The highest BCUT2D eigenvalue weighted by atomic mass is 32.2. The van der Waals surface area contributed by atoms with Crippen molar-refractivity contribution in [1.29, 1.82) is 0 Å². The molecule has 0 spiro atoms. The molecule has 0 unspecified atom stereocenters. The van der Waals surface area contributed by atoms with Crippen molar-refractivity contribution >= 4 is 15.7 Å². The quantitative estimate of drug-likeness (QED) is 0.691. The number of hydrogen-bond acceptors (Lipinski definition) is 3. The summed E-state index contributed by atoms with van der Waals surface area (Å²) in [6.45, 7) is 4.56. The van der Waals surface area contributed by atoms with Crippen LogP contribution in [-0.4, -0.2) is 28.7 Å². The number of fused-ring (bicyclic) bond motifs is 1. The van der Waals surface area contributed by atoms with Gasteiger partial charge >= 0.3 is 0 Å². The van der Waals surface area contributed by atoms with Crippen molar-refractivity contribution in [1.82, 2.24) is 13.7 Å². The Labute approximate surface area is 142 Å². The minimum atomic E-state index is -3.39. The molecule has 0 saturated heterocycles. The highest BCUT2D eigenvalue weighted by molar-refractivity contribution is 7.88. The summed E-state index contributed by atoms with van der Waals surface area (Å²) in [5.74, 6) is 0.0132. The summed E-state index contributed by atoms with van der Waals surface area (Å²) in [5, 5.41) is 0. The Morgan fingerprint density at radius 1 is 1.17 bits per heavy atom. The highest BCUT2D eigenvalue weighted by Crippen LogP contribution is 2.16. The van der Waals surface area contributed by atoms with E-state index in [1.165, 1.54) is 4.31 Å². The van der Waals surface area contributed by atoms with E-state index >= 15 is 0 Å². The van der Waals surface area contributed by atoms with Crippen LogP contribution in [0.5, 0.6) is 0 Å². The Balaban J connectivity index is 1.84. The minimum absolute atomic E-state index is 0.0132. The molecule has 0 aliphatic carbocycles. The lowest BCUT2D eigenvalue weighted by Gasteiger charge is -2.20. The standard InChI is InChI=1S/C18H21N3O2S/c1-3-20(13-17-12-19-18-9-4-5-10-21(17)18)24(22,23)14-16-8-6-7-15(2)11-16/h4-12H,3,13-14H2,1-2H3. The number of aryl methyl sites for hydroxylation is 1. The van der Waals surface area contributed by atoms with E-state index in [0.717, 1.165) is 22.5 Å². The van der Waals surface area contributed by atoms with Gasteiger partial charge in [-0.3, -0.25) is 0 Å². The Morgan fingerprint density at radius 2 is 2.00 bits per heavy atom. The van der Waals surface area contributed by atoms with Crippen LogP contribution in [0.25, 0.3) is 5.65 Å². The number of nitrogens with zero attached hydrogens (tertiary/aromatic N) is 3. The molecule has 3 aromatic rings. The van der Waals surface area contributed by atoms with Crippen LogP contribution in [0.4, 0.5) is 0 Å². The van der Waals surface area contributed by atoms with E-state index in [9.17, 15) is 8.42 Å². The molecule has 0 radical (unpaired) electrons. The number of imidazole rings is 1. The van der Waals surface area contributed by atoms with Crippen LogP contribution in [0, 0.1) is 6.92 Å². The molecule has 0 fully saturated rings. The van der Waals surface area contributed by atoms with Crippen molar-refractivity contribution in [2.75, 3.05) is 6.54 Å². The molecular weight excluding hydrogens is 322 g/mol. The molecule has 0 N–H and O–H groups in total. The van der Waals surface area contributed by atoms with Crippen molar-refractivity contribution in [3.8, 4) is 0 Å². The van der Waals surface area contributed by atoms with Crippen molar-refractivity contribution in [2.24, 2.45) is 0 Å². The van der Waals surface area contributed by atoms with Gasteiger partial charge in [0.15, 0.2) is 0 Å². The van der Waals surface area contributed by atoms with Crippen LogP contribution in [0.15, 0.2) is 54.9 Å². The van der Waals surface area contributed by atoms with E-state index in [0.29, 0.717) is 13.1 Å². The number of sulfonamides is 1. The first-order chi connectivity index (χ1) is 11.5. The monoisotopic (exact) mass is 343 g/mol. The molecular formula is C18H21N3O2S. The van der Waals surface area contributed by atoms with Gasteiger partial charge in [-0.2, -0.15) is 4.31 Å². The largest absolute Gasteiger partial charge is 0.303 e. The van der Waals surface area contributed by atoms with Crippen LogP contribution < -0.4 is 0 Å². The first-order valence-electron chi connectivity index (χ1n) is 7.94. The summed E-state index contributed by atoms with van der Waals surface area (Å²) < 4.78 is 29.0. The third kappa shape index (κ3) is 3.49. The zero-order valence-electron chi connectivity index (χ0n) is 13.9. The van der Waals surface area contributed by atoms with Gasteiger partial charge in [0.2, 0.25) is 10.0 Å². The van der Waals surface area contributed by atoms with Gasteiger partial charge in [-0.05, 0) is 24.6 Å². The van der Waals surface area contributed by atoms with Crippen LogP contribution in [-0.2, 0) is 22.3 Å². The Hall–Kier alpha value is -2.18. The Bertz CT molecular complexity index is 948. The fourth-order valence-electron chi connectivity index (χ4n) is 2.79. The van der Waals surface area contributed by atoms with Crippen molar-refractivity contribution in [3.05, 3.63) is 71.7 Å². The summed E-state index contributed by atoms with van der Waals surface area (Å²) >= 11 is 0. The zero-order chi connectivity index (χ0) is 17.2. The number of rotatable bonds is 6. The second-order valence-electron chi connectivity index (χ2n) is 5.85. The second-order valence-corrected chi connectivity index (χ2v) is 7.82. The van der Waals surface area contributed by atoms with Crippen LogP contribution in [0.3, 0.4) is 0 Å². The molecule has 0 aliphatic heterocycles. The highest BCUT2D eigenvalue weighted by Gasteiger charge is 2.22. The van der Waals surface area contributed by atoms with Gasteiger partial charge in [0.05, 0.1) is 24.2 Å². The number of hydrogen-bond donors (Lipinski definition) is 0. The Morgan fingerprint density at radius 3 is 2.75 bits per heavy atom. The second kappa shape index (κ2) is 6.75. The molecule has 0 bridgehead atoms. The lowest BCUT2D eigenvalue weighted by Crippen LogP contribution is -2.32. The van der Waals surface area contributed by atoms with Gasteiger partial charge < -0.3 is 4.40 Å². The van der Waals surface area contributed by atoms with Crippen LogP contribution in [0.2, 0.25) is 0 Å². The molecule has 0 saturated carbocycles. The predicted octanol–water partition coefficient (Wildman–Crippen LogP) is 2.99. The fourth-order valence-corrected chi connectivity index (χ4v) is 4.30. The molecule has 1 aromatic carbocycles. The maximum atomic E-state index is 12.8. The van der Waals surface area contributed by atoms with E-state index in [2.05, 4.69) is 4.98 Å². The molecule has 0 amide bonds. The van der Waals surface area contributed by atoms with E-state index in [-0.39, 0.29) is 5.75 Å². The molecule has 24 heavy (non-hydrogen) atoms.